The van der Waals surface area contributed by atoms with Crippen molar-refractivity contribution in [2.45, 2.75) is 31.7 Å². The zero-order valence-electron chi connectivity index (χ0n) is 16.0. The van der Waals surface area contributed by atoms with Gasteiger partial charge >= 0.3 is 0 Å². The lowest BCUT2D eigenvalue weighted by atomic mass is 10.0. The molecule has 2 aliphatic heterocycles. The van der Waals surface area contributed by atoms with Crippen LogP contribution in [0.2, 0.25) is 5.02 Å². The summed E-state index contributed by atoms with van der Waals surface area (Å²) in [4.78, 5) is 21.6. The first-order valence-electron chi connectivity index (χ1n) is 9.98. The van der Waals surface area contributed by atoms with Crippen molar-refractivity contribution in [3.05, 3.63) is 52.7 Å². The van der Waals surface area contributed by atoms with E-state index in [1.165, 1.54) is 0 Å². The summed E-state index contributed by atoms with van der Waals surface area (Å²) in [6.45, 7) is 4.21. The first-order valence-corrected chi connectivity index (χ1v) is 10.4. The predicted octanol–water partition coefficient (Wildman–Crippen LogP) is 3.30. The lowest BCUT2D eigenvalue weighted by Gasteiger charge is -2.36. The Kier molecular flexibility index (Phi) is 6.29. The maximum Gasteiger partial charge on any atom is 0.237 e. The summed E-state index contributed by atoms with van der Waals surface area (Å²) in [6, 6.07) is 7.66. The fraction of sp³-hybridized carbons (Fsp3) is 0.524. The van der Waals surface area contributed by atoms with Gasteiger partial charge in [-0.25, -0.2) is 4.98 Å². The molecule has 2 aliphatic rings. The number of carbonyl (C=O) groups excluding carboxylic acids is 1. The maximum atomic E-state index is 12.9. The van der Waals surface area contributed by atoms with E-state index in [2.05, 4.69) is 9.88 Å². The van der Waals surface area contributed by atoms with Gasteiger partial charge in [-0.3, -0.25) is 9.69 Å². The fourth-order valence-corrected chi connectivity index (χ4v) is 4.12. The average Bonchev–Trinajstić information content (AvgIpc) is 3.19. The van der Waals surface area contributed by atoms with Crippen LogP contribution in [0, 0.1) is 0 Å². The number of halogens is 1. The third-order valence-electron chi connectivity index (χ3n) is 5.46. The van der Waals surface area contributed by atoms with Crippen molar-refractivity contribution in [3.63, 3.8) is 0 Å². The highest BCUT2D eigenvalue weighted by atomic mass is 35.5. The van der Waals surface area contributed by atoms with E-state index in [4.69, 9.17) is 20.8 Å². The van der Waals surface area contributed by atoms with Crippen molar-refractivity contribution in [2.24, 2.45) is 0 Å². The largest absolute Gasteiger partial charge is 0.443 e. The molecule has 1 aromatic carbocycles. The van der Waals surface area contributed by atoms with Crippen LogP contribution < -0.4 is 0 Å². The SMILES string of the molecule is O=C(CN1CCOCC1)N1CCCCC1c1ncc(Cc2ccccc2Cl)o1. The number of morpholine rings is 1. The molecule has 0 bridgehead atoms. The summed E-state index contributed by atoms with van der Waals surface area (Å²) in [5.74, 6) is 1.56. The molecule has 1 aromatic heterocycles. The molecule has 0 spiro atoms. The van der Waals surface area contributed by atoms with E-state index in [1.54, 1.807) is 6.20 Å². The minimum Gasteiger partial charge on any atom is -0.443 e. The van der Waals surface area contributed by atoms with Crippen LogP contribution in [0.25, 0.3) is 0 Å². The van der Waals surface area contributed by atoms with Gasteiger partial charge in [-0.15, -0.1) is 0 Å². The molecule has 1 amide bonds. The highest BCUT2D eigenvalue weighted by Gasteiger charge is 2.32. The van der Waals surface area contributed by atoms with Crippen molar-refractivity contribution < 1.29 is 13.9 Å². The third-order valence-corrected chi connectivity index (χ3v) is 5.83. The molecule has 6 nitrogen and oxygen atoms in total. The van der Waals surface area contributed by atoms with Crippen molar-refractivity contribution in [1.82, 2.24) is 14.8 Å². The van der Waals surface area contributed by atoms with E-state index >= 15 is 0 Å². The van der Waals surface area contributed by atoms with Gasteiger partial charge in [0.2, 0.25) is 11.8 Å². The summed E-state index contributed by atoms with van der Waals surface area (Å²) in [5.41, 5.74) is 1.01. The number of hydrogen-bond donors (Lipinski definition) is 0. The standard InChI is InChI=1S/C21H26ClN3O3/c22-18-6-2-1-5-16(18)13-17-14-23-21(28-17)19-7-3-4-8-25(19)20(26)15-24-9-11-27-12-10-24/h1-2,5-6,14,19H,3-4,7-13,15H2. The van der Waals surface area contributed by atoms with Gasteiger partial charge in [0, 0.05) is 31.1 Å². The highest BCUT2D eigenvalue weighted by Crippen LogP contribution is 2.31. The second kappa shape index (κ2) is 9.07. The molecule has 2 aromatic rings. The molecule has 1 unspecified atom stereocenters. The number of rotatable bonds is 5. The number of likely N-dealkylation sites (tertiary alicyclic amines) is 1. The number of oxazole rings is 1. The molecule has 0 N–H and O–H groups in total. The van der Waals surface area contributed by atoms with Crippen LogP contribution in [0.15, 0.2) is 34.9 Å². The number of hydrogen-bond acceptors (Lipinski definition) is 5. The second-order valence-corrected chi connectivity index (χ2v) is 7.83. The number of piperidine rings is 1. The number of carbonyl (C=O) groups is 1. The molecule has 3 heterocycles. The maximum absolute atomic E-state index is 12.9. The van der Waals surface area contributed by atoms with Crippen LogP contribution in [0.3, 0.4) is 0 Å². The lowest BCUT2D eigenvalue weighted by Crippen LogP contribution is -2.47. The van der Waals surface area contributed by atoms with Crippen LogP contribution in [0.1, 0.15) is 42.5 Å². The van der Waals surface area contributed by atoms with Gasteiger partial charge in [0.25, 0.3) is 0 Å². The third kappa shape index (κ3) is 4.57. The molecule has 7 heteroatoms. The van der Waals surface area contributed by atoms with E-state index in [-0.39, 0.29) is 11.9 Å². The van der Waals surface area contributed by atoms with Gasteiger partial charge in [0.15, 0.2) is 0 Å². The van der Waals surface area contributed by atoms with Crippen molar-refractivity contribution in [3.8, 4) is 0 Å². The fourth-order valence-electron chi connectivity index (χ4n) is 3.92. The van der Waals surface area contributed by atoms with Crippen molar-refractivity contribution in [1.29, 1.82) is 0 Å². The summed E-state index contributed by atoms with van der Waals surface area (Å²) < 4.78 is 11.4. The minimum atomic E-state index is -0.0812. The van der Waals surface area contributed by atoms with Gasteiger partial charge in [-0.2, -0.15) is 0 Å². The molecule has 4 rings (SSSR count). The Morgan fingerprint density at radius 2 is 2.00 bits per heavy atom. The van der Waals surface area contributed by atoms with Crippen LogP contribution in [0.4, 0.5) is 0 Å². The molecular formula is C21H26ClN3O3. The van der Waals surface area contributed by atoms with Gasteiger partial charge < -0.3 is 14.1 Å². The molecule has 0 radical (unpaired) electrons. The summed E-state index contributed by atoms with van der Waals surface area (Å²) in [5, 5.41) is 0.723. The first-order chi connectivity index (χ1) is 13.7. The van der Waals surface area contributed by atoms with E-state index in [0.717, 1.165) is 55.2 Å². The lowest BCUT2D eigenvalue weighted by molar-refractivity contribution is -0.137. The van der Waals surface area contributed by atoms with Crippen molar-refractivity contribution >= 4 is 17.5 Å². The van der Waals surface area contributed by atoms with Crippen LogP contribution in [-0.4, -0.2) is 60.1 Å². The van der Waals surface area contributed by atoms with Crippen LogP contribution >= 0.6 is 11.6 Å². The van der Waals surface area contributed by atoms with E-state index in [1.807, 2.05) is 29.2 Å². The normalized spacial score (nSPS) is 21.0. The molecule has 0 saturated carbocycles. The summed E-state index contributed by atoms with van der Waals surface area (Å²) in [6.07, 6.45) is 5.35. The molecule has 28 heavy (non-hydrogen) atoms. The Hall–Kier alpha value is -1.89. The Labute approximate surface area is 170 Å². The zero-order chi connectivity index (χ0) is 19.3. The highest BCUT2D eigenvalue weighted by molar-refractivity contribution is 6.31. The average molecular weight is 404 g/mol. The summed E-state index contributed by atoms with van der Waals surface area (Å²) >= 11 is 6.26. The predicted molar refractivity (Wildman–Crippen MR) is 106 cm³/mol. The van der Waals surface area contributed by atoms with Gasteiger partial charge in [-0.05, 0) is 30.9 Å². The molecule has 150 valence electrons. The number of amides is 1. The Morgan fingerprint density at radius 1 is 1.18 bits per heavy atom. The Morgan fingerprint density at radius 3 is 2.82 bits per heavy atom. The molecule has 1 atom stereocenters. The smallest absolute Gasteiger partial charge is 0.237 e. The second-order valence-electron chi connectivity index (χ2n) is 7.42. The molecule has 2 saturated heterocycles. The minimum absolute atomic E-state index is 0.0812. The van der Waals surface area contributed by atoms with Crippen LogP contribution in [-0.2, 0) is 16.0 Å². The molecule has 0 aliphatic carbocycles. The Balaban J connectivity index is 1.44. The van der Waals surface area contributed by atoms with Gasteiger partial charge in [-0.1, -0.05) is 29.8 Å². The molecular weight excluding hydrogens is 378 g/mol. The number of benzene rings is 1. The number of nitrogens with zero attached hydrogens (tertiary/aromatic N) is 3. The van der Waals surface area contributed by atoms with E-state index in [9.17, 15) is 4.79 Å². The Bertz CT molecular complexity index is 804. The molecule has 2 fully saturated rings. The van der Waals surface area contributed by atoms with Crippen molar-refractivity contribution in [2.75, 3.05) is 39.4 Å². The summed E-state index contributed by atoms with van der Waals surface area (Å²) in [7, 11) is 0. The van der Waals surface area contributed by atoms with Gasteiger partial charge in [0.1, 0.15) is 11.8 Å². The number of ether oxygens (including phenoxy) is 1. The number of aromatic nitrogens is 1. The quantitative estimate of drug-likeness (QED) is 0.766. The zero-order valence-corrected chi connectivity index (χ0v) is 16.7. The van der Waals surface area contributed by atoms with Gasteiger partial charge in [0.05, 0.1) is 26.0 Å². The monoisotopic (exact) mass is 403 g/mol. The van der Waals surface area contributed by atoms with E-state index < -0.39 is 0 Å². The van der Waals surface area contributed by atoms with Crippen LogP contribution in [0.5, 0.6) is 0 Å². The first kappa shape index (κ1) is 19.4. The van der Waals surface area contributed by atoms with E-state index in [0.29, 0.717) is 32.1 Å². The topological polar surface area (TPSA) is 58.8 Å².